The predicted molar refractivity (Wildman–Crippen MR) is 99.5 cm³/mol. The Morgan fingerprint density at radius 3 is 2.27 bits per heavy atom. The van der Waals surface area contributed by atoms with Gasteiger partial charge in [0.05, 0.1) is 11.0 Å². The van der Waals surface area contributed by atoms with Crippen LogP contribution in [0.15, 0.2) is 35.2 Å². The highest BCUT2D eigenvalue weighted by molar-refractivity contribution is 7.89. The third-order valence-corrected chi connectivity index (χ3v) is 6.74. The molecule has 1 heterocycles. The van der Waals surface area contributed by atoms with Gasteiger partial charge in [0.25, 0.3) is 5.91 Å². The van der Waals surface area contributed by atoms with E-state index >= 15 is 0 Å². The van der Waals surface area contributed by atoms with Gasteiger partial charge in [0.2, 0.25) is 10.0 Å². The first-order valence-corrected chi connectivity index (χ1v) is 10.4. The summed E-state index contributed by atoms with van der Waals surface area (Å²) < 4.78 is 80.1. The molecule has 0 spiro atoms. The number of carbonyl (C=O) groups excluding carboxylic acids is 1. The molecule has 0 atom stereocenters. The van der Waals surface area contributed by atoms with Crippen LogP contribution in [-0.2, 0) is 16.7 Å². The first kappa shape index (κ1) is 22.2. The van der Waals surface area contributed by atoms with E-state index in [4.69, 9.17) is 0 Å². The average Bonchev–Trinajstić information content (AvgIpc) is 2.71. The van der Waals surface area contributed by atoms with Crippen molar-refractivity contribution in [3.8, 4) is 0 Å². The van der Waals surface area contributed by atoms with Gasteiger partial charge in [-0.15, -0.1) is 0 Å². The van der Waals surface area contributed by atoms with E-state index in [1.54, 1.807) is 0 Å². The summed E-state index contributed by atoms with van der Waals surface area (Å²) in [7, 11) is -4.14. The monoisotopic (exact) mass is 446 g/mol. The first-order chi connectivity index (χ1) is 14.1. The zero-order valence-electron chi connectivity index (χ0n) is 15.5. The minimum atomic E-state index is -4.14. The number of sulfonamides is 1. The number of hydrogen-bond acceptors (Lipinski definition) is 4. The standard InChI is InChI=1S/C19H18F4N2O4S/c20-10-12-2-1-11(19(27)24-13-8-15(21)18(23)16(22)9-13)7-17(12)30(28,29)25-5-3-14(26)4-6-25/h1-2,7-9,14,26H,3-6,10H2,(H,24,27). The molecule has 11 heteroatoms. The van der Waals surface area contributed by atoms with Gasteiger partial charge in [0.15, 0.2) is 17.5 Å². The maximum atomic E-state index is 13.4. The van der Waals surface area contributed by atoms with E-state index in [-0.39, 0.29) is 42.7 Å². The maximum absolute atomic E-state index is 13.4. The van der Waals surface area contributed by atoms with Crippen LogP contribution in [0.4, 0.5) is 23.2 Å². The fraction of sp³-hybridized carbons (Fsp3) is 0.316. The number of benzene rings is 2. The Balaban J connectivity index is 1.91. The van der Waals surface area contributed by atoms with Crippen molar-refractivity contribution in [3.05, 3.63) is 58.9 Å². The van der Waals surface area contributed by atoms with E-state index in [0.29, 0.717) is 12.1 Å². The van der Waals surface area contributed by atoms with Gasteiger partial charge in [-0.1, -0.05) is 6.07 Å². The third-order valence-electron chi connectivity index (χ3n) is 4.76. The maximum Gasteiger partial charge on any atom is 0.255 e. The normalized spacial score (nSPS) is 15.9. The van der Waals surface area contributed by atoms with Crippen LogP contribution < -0.4 is 5.32 Å². The molecule has 0 radical (unpaired) electrons. The van der Waals surface area contributed by atoms with E-state index in [1.165, 1.54) is 6.07 Å². The number of aliphatic hydroxyl groups excluding tert-OH is 1. The topological polar surface area (TPSA) is 86.7 Å². The fourth-order valence-corrected chi connectivity index (χ4v) is 4.80. The number of rotatable bonds is 5. The Morgan fingerprint density at radius 2 is 1.70 bits per heavy atom. The third kappa shape index (κ3) is 4.47. The van der Waals surface area contributed by atoms with Crippen LogP contribution >= 0.6 is 0 Å². The van der Waals surface area contributed by atoms with E-state index < -0.39 is 51.1 Å². The van der Waals surface area contributed by atoms with E-state index in [9.17, 15) is 35.9 Å². The van der Waals surface area contributed by atoms with Crippen molar-refractivity contribution in [3.63, 3.8) is 0 Å². The van der Waals surface area contributed by atoms with Crippen LogP contribution in [0, 0.1) is 17.5 Å². The molecule has 0 bridgehead atoms. The number of aliphatic hydroxyl groups is 1. The van der Waals surface area contributed by atoms with Gasteiger partial charge in [0.1, 0.15) is 6.67 Å². The summed E-state index contributed by atoms with van der Waals surface area (Å²) >= 11 is 0. The molecule has 162 valence electrons. The molecule has 0 saturated carbocycles. The minimum absolute atomic E-state index is 0.0415. The van der Waals surface area contributed by atoms with Crippen molar-refractivity contribution < 1.29 is 35.9 Å². The summed E-state index contributed by atoms with van der Waals surface area (Å²) in [5.74, 6) is -5.63. The van der Waals surface area contributed by atoms with Crippen molar-refractivity contribution in [1.29, 1.82) is 0 Å². The lowest BCUT2D eigenvalue weighted by atomic mass is 10.1. The fourth-order valence-electron chi connectivity index (χ4n) is 3.10. The Morgan fingerprint density at radius 1 is 1.10 bits per heavy atom. The summed E-state index contributed by atoms with van der Waals surface area (Å²) in [6.07, 6.45) is -0.163. The number of nitrogens with one attached hydrogen (secondary N) is 1. The second-order valence-electron chi connectivity index (χ2n) is 6.80. The molecule has 3 rings (SSSR count). The van der Waals surface area contributed by atoms with Crippen LogP contribution in [0.5, 0.6) is 0 Å². The Hall–Kier alpha value is -2.50. The largest absolute Gasteiger partial charge is 0.393 e. The number of anilines is 1. The molecule has 2 aromatic carbocycles. The lowest BCUT2D eigenvalue weighted by Gasteiger charge is -2.29. The molecule has 1 aliphatic rings. The molecule has 1 saturated heterocycles. The SMILES string of the molecule is O=C(Nc1cc(F)c(F)c(F)c1)c1ccc(CF)c(S(=O)(=O)N2CCC(O)CC2)c1. The van der Waals surface area contributed by atoms with Crippen LogP contribution in [0.25, 0.3) is 0 Å². The zero-order valence-corrected chi connectivity index (χ0v) is 16.4. The van der Waals surface area contributed by atoms with E-state index in [0.717, 1.165) is 16.4 Å². The van der Waals surface area contributed by atoms with E-state index in [1.807, 2.05) is 0 Å². The van der Waals surface area contributed by atoms with Gasteiger partial charge in [-0.25, -0.2) is 26.0 Å². The molecular weight excluding hydrogens is 428 g/mol. The van der Waals surface area contributed by atoms with Crippen LogP contribution in [0.3, 0.4) is 0 Å². The van der Waals surface area contributed by atoms with Gasteiger partial charge in [-0.3, -0.25) is 4.79 Å². The number of amides is 1. The molecule has 1 amide bonds. The van der Waals surface area contributed by atoms with Crippen LogP contribution in [0.2, 0.25) is 0 Å². The summed E-state index contributed by atoms with van der Waals surface area (Å²) in [6.45, 7) is -1.01. The average molecular weight is 446 g/mol. The van der Waals surface area contributed by atoms with Crippen LogP contribution in [-0.4, -0.2) is 42.9 Å². The molecule has 30 heavy (non-hydrogen) atoms. The number of alkyl halides is 1. The lowest BCUT2D eigenvalue weighted by molar-refractivity contribution is 0.102. The van der Waals surface area contributed by atoms with Crippen molar-refractivity contribution in [2.45, 2.75) is 30.5 Å². The number of halogens is 4. The number of carbonyl (C=O) groups is 1. The molecule has 0 aromatic heterocycles. The second kappa shape index (κ2) is 8.70. The summed E-state index contributed by atoms with van der Waals surface area (Å²) in [5, 5.41) is 11.7. The highest BCUT2D eigenvalue weighted by Crippen LogP contribution is 2.26. The number of nitrogens with zero attached hydrogens (tertiary/aromatic N) is 1. The molecule has 1 fully saturated rings. The predicted octanol–water partition coefficient (Wildman–Crippen LogP) is 2.97. The smallest absolute Gasteiger partial charge is 0.255 e. The van der Waals surface area contributed by atoms with Gasteiger partial charge >= 0.3 is 0 Å². The highest BCUT2D eigenvalue weighted by atomic mass is 32.2. The van der Waals surface area contributed by atoms with Gasteiger partial charge in [-0.2, -0.15) is 4.31 Å². The molecule has 2 N–H and O–H groups in total. The molecule has 1 aliphatic heterocycles. The van der Waals surface area contributed by atoms with Gasteiger partial charge in [0, 0.05) is 42.0 Å². The van der Waals surface area contributed by atoms with Crippen molar-refractivity contribution in [2.75, 3.05) is 18.4 Å². The Bertz CT molecular complexity index is 1050. The molecule has 0 unspecified atom stereocenters. The van der Waals surface area contributed by atoms with Gasteiger partial charge < -0.3 is 10.4 Å². The zero-order chi connectivity index (χ0) is 22.1. The number of piperidine rings is 1. The molecule has 6 nitrogen and oxygen atoms in total. The van der Waals surface area contributed by atoms with Crippen molar-refractivity contribution in [2.24, 2.45) is 0 Å². The quantitative estimate of drug-likeness (QED) is 0.546. The minimum Gasteiger partial charge on any atom is -0.393 e. The second-order valence-corrected chi connectivity index (χ2v) is 8.71. The number of hydrogen-bond donors (Lipinski definition) is 2. The highest BCUT2D eigenvalue weighted by Gasteiger charge is 2.31. The molecular formula is C19H18F4N2O4S. The van der Waals surface area contributed by atoms with Crippen LogP contribution in [0.1, 0.15) is 28.8 Å². The molecule has 2 aromatic rings. The van der Waals surface area contributed by atoms with Crippen molar-refractivity contribution in [1.82, 2.24) is 4.31 Å². The summed E-state index contributed by atoms with van der Waals surface area (Å²) in [6, 6.07) is 4.42. The van der Waals surface area contributed by atoms with Gasteiger partial charge in [-0.05, 0) is 25.0 Å². The van der Waals surface area contributed by atoms with E-state index in [2.05, 4.69) is 5.32 Å². The summed E-state index contributed by atoms with van der Waals surface area (Å²) in [5.41, 5.74) is -0.732. The first-order valence-electron chi connectivity index (χ1n) is 8.96. The molecule has 0 aliphatic carbocycles. The lowest BCUT2D eigenvalue weighted by Crippen LogP contribution is -2.40. The Labute approximate surface area is 170 Å². The summed E-state index contributed by atoms with van der Waals surface area (Å²) in [4.78, 5) is 12.0. The Kier molecular flexibility index (Phi) is 6.44. The van der Waals surface area contributed by atoms with Crippen molar-refractivity contribution >= 4 is 21.6 Å².